The zero-order chi connectivity index (χ0) is 45.0. The van der Waals surface area contributed by atoms with Gasteiger partial charge in [-0.1, -0.05) is 26.0 Å². The second-order valence-corrected chi connectivity index (χ2v) is 13.9. The first-order chi connectivity index (χ1) is 27.6. The van der Waals surface area contributed by atoms with E-state index < -0.39 is 115 Å². The van der Waals surface area contributed by atoms with Crippen LogP contribution >= 0.6 is 0 Å². The molecule has 0 spiro atoms. The van der Waals surface area contributed by atoms with Gasteiger partial charge in [-0.25, -0.2) is 4.79 Å². The van der Waals surface area contributed by atoms with Crippen molar-refractivity contribution >= 4 is 53.3 Å². The maximum absolute atomic E-state index is 14.0. The number of guanidine groups is 1. The van der Waals surface area contributed by atoms with Crippen LogP contribution in [0, 0.1) is 5.92 Å². The highest BCUT2D eigenvalue weighted by Gasteiger charge is 2.35. The second-order valence-electron chi connectivity index (χ2n) is 13.9. The Morgan fingerprint density at radius 3 is 1.68 bits per heavy atom. The number of amides is 6. The molecule has 0 fully saturated rings. The third-order valence-corrected chi connectivity index (χ3v) is 8.33. The molecule has 1 aromatic rings. The lowest BCUT2D eigenvalue weighted by Crippen LogP contribution is -2.61. The SMILES string of the molecule is CC(C)C[C@H](NC(=O)[C@H](Cc1ccc(O)cc1)NC(=O)[C@H](CCCN=C(N)N)NC(=O)[C@@H](NC(=O)[C@@H](N)CC(=O)O)[C@@H](C)O)C(=O)N[C@@H](CO)C(=O)N[C@@H](CO)C(=O)O. The fourth-order valence-electron chi connectivity index (χ4n) is 5.23. The zero-order valence-corrected chi connectivity index (χ0v) is 32.8. The highest BCUT2D eigenvalue weighted by atomic mass is 16.4. The van der Waals surface area contributed by atoms with E-state index in [-0.39, 0.29) is 49.9 Å². The van der Waals surface area contributed by atoms with Crippen LogP contribution in [0.25, 0.3) is 0 Å². The lowest BCUT2D eigenvalue weighted by Gasteiger charge is -2.28. The number of nitrogens with two attached hydrogens (primary N) is 3. The number of benzene rings is 1. The molecule has 6 amide bonds. The molecule has 0 unspecified atom stereocenters. The van der Waals surface area contributed by atoms with Crippen LogP contribution in [0.2, 0.25) is 0 Å². The smallest absolute Gasteiger partial charge is 0.328 e. The molecule has 24 heteroatoms. The number of aliphatic hydroxyl groups is 3. The number of aliphatic hydroxyl groups excluding tert-OH is 3. The molecule has 0 bridgehead atoms. The number of aliphatic imine (C=N–C) groups is 1. The van der Waals surface area contributed by atoms with Crippen LogP contribution in [-0.4, -0.2) is 152 Å². The fourth-order valence-corrected chi connectivity index (χ4v) is 5.23. The summed E-state index contributed by atoms with van der Waals surface area (Å²) >= 11 is 0. The number of nitrogens with one attached hydrogen (secondary N) is 6. The topological polar surface area (TPSA) is 421 Å². The Kier molecular flexibility index (Phi) is 21.8. The van der Waals surface area contributed by atoms with Crippen molar-refractivity contribution in [2.45, 2.75) is 101 Å². The van der Waals surface area contributed by atoms with Crippen LogP contribution in [0.3, 0.4) is 0 Å². The van der Waals surface area contributed by atoms with Gasteiger partial charge in [0.05, 0.1) is 31.8 Å². The number of hydrogen-bond donors (Lipinski definition) is 15. The van der Waals surface area contributed by atoms with Gasteiger partial charge in [0.2, 0.25) is 35.4 Å². The van der Waals surface area contributed by atoms with Crippen molar-refractivity contribution in [3.63, 3.8) is 0 Å². The van der Waals surface area contributed by atoms with Gasteiger partial charge in [0.25, 0.3) is 0 Å². The number of rotatable bonds is 26. The van der Waals surface area contributed by atoms with E-state index in [1.807, 2.05) is 5.32 Å². The molecule has 330 valence electrons. The van der Waals surface area contributed by atoms with Gasteiger partial charge in [0.1, 0.15) is 42.0 Å². The predicted octanol–water partition coefficient (Wildman–Crippen LogP) is -5.80. The Balaban J connectivity index is 3.50. The highest BCUT2D eigenvalue weighted by Crippen LogP contribution is 2.13. The standard InChI is InChI=1S/C35H56N10O14/c1-16(2)11-22(30(54)43-24(14-46)32(56)44-25(15-47)34(58)59)41-31(55)23(12-18-6-8-19(49)9-7-18)42-29(53)21(5-4-10-39-35(37)38)40-33(57)27(17(3)48)45-28(52)20(36)13-26(50)51/h6-9,16-17,20-25,27,46-49H,4-5,10-15,36H2,1-3H3,(H,40,57)(H,41,55)(H,42,53)(H,43,54)(H,44,56)(H,45,52)(H,50,51)(H,58,59)(H4,37,38,39)/t17-,20+,21+,22+,23+,24+,25+,27+/m1/s1. The summed E-state index contributed by atoms with van der Waals surface area (Å²) in [6.45, 7) is 2.54. The number of aliphatic carboxylic acids is 2. The molecule has 1 aromatic carbocycles. The van der Waals surface area contributed by atoms with E-state index in [2.05, 4.69) is 31.6 Å². The quantitative estimate of drug-likeness (QED) is 0.0235. The van der Waals surface area contributed by atoms with E-state index in [1.165, 1.54) is 24.3 Å². The molecular weight excluding hydrogens is 784 g/mol. The number of carboxylic acid groups (broad SMARTS) is 2. The molecule has 0 saturated heterocycles. The van der Waals surface area contributed by atoms with Gasteiger partial charge in [-0.2, -0.15) is 0 Å². The summed E-state index contributed by atoms with van der Waals surface area (Å²) in [5, 5.41) is 71.2. The molecule has 0 aliphatic heterocycles. The molecule has 1 rings (SSSR count). The summed E-state index contributed by atoms with van der Waals surface area (Å²) in [5.41, 5.74) is 16.8. The molecule has 0 saturated carbocycles. The lowest BCUT2D eigenvalue weighted by molar-refractivity contribution is -0.143. The van der Waals surface area contributed by atoms with Crippen molar-refractivity contribution in [3.05, 3.63) is 29.8 Å². The van der Waals surface area contributed by atoms with Crippen LogP contribution in [0.5, 0.6) is 5.75 Å². The van der Waals surface area contributed by atoms with Gasteiger partial charge >= 0.3 is 11.9 Å². The molecule has 18 N–H and O–H groups in total. The minimum atomic E-state index is -1.75. The summed E-state index contributed by atoms with van der Waals surface area (Å²) < 4.78 is 0. The van der Waals surface area contributed by atoms with Gasteiger partial charge in [0, 0.05) is 13.0 Å². The Bertz CT molecular complexity index is 1640. The Morgan fingerprint density at radius 2 is 1.17 bits per heavy atom. The van der Waals surface area contributed by atoms with Gasteiger partial charge in [0.15, 0.2) is 5.96 Å². The summed E-state index contributed by atoms with van der Waals surface area (Å²) in [5.74, 6) is -9.88. The minimum absolute atomic E-state index is 0.0180. The molecule has 0 aliphatic rings. The largest absolute Gasteiger partial charge is 0.508 e. The first-order valence-corrected chi connectivity index (χ1v) is 18.3. The van der Waals surface area contributed by atoms with Crippen LogP contribution in [0.1, 0.15) is 52.0 Å². The van der Waals surface area contributed by atoms with Crippen LogP contribution < -0.4 is 49.1 Å². The third-order valence-electron chi connectivity index (χ3n) is 8.33. The maximum Gasteiger partial charge on any atom is 0.328 e. The lowest BCUT2D eigenvalue weighted by atomic mass is 10.00. The van der Waals surface area contributed by atoms with Crippen molar-refractivity contribution in [1.29, 1.82) is 0 Å². The van der Waals surface area contributed by atoms with E-state index in [1.54, 1.807) is 13.8 Å². The number of aromatic hydroxyl groups is 1. The number of hydrogen-bond acceptors (Lipinski definition) is 14. The summed E-state index contributed by atoms with van der Waals surface area (Å²) in [4.78, 5) is 106. The summed E-state index contributed by atoms with van der Waals surface area (Å²) in [6.07, 6.45) is -2.78. The van der Waals surface area contributed by atoms with Crippen LogP contribution in [0.4, 0.5) is 0 Å². The summed E-state index contributed by atoms with van der Waals surface area (Å²) in [7, 11) is 0. The number of carboxylic acids is 2. The molecule has 8 atom stereocenters. The number of nitrogens with zero attached hydrogens (tertiary/aromatic N) is 1. The Labute approximate surface area is 338 Å². The molecule has 24 nitrogen and oxygen atoms in total. The zero-order valence-electron chi connectivity index (χ0n) is 32.8. The number of phenolic OH excluding ortho intramolecular Hbond substituents is 1. The average Bonchev–Trinajstić information content (AvgIpc) is 3.14. The van der Waals surface area contributed by atoms with Gasteiger partial charge < -0.3 is 79.7 Å². The van der Waals surface area contributed by atoms with E-state index in [4.69, 9.17) is 27.4 Å². The number of phenols is 1. The predicted molar refractivity (Wildman–Crippen MR) is 206 cm³/mol. The first kappa shape index (κ1) is 50.9. The van der Waals surface area contributed by atoms with Gasteiger partial charge in [-0.3, -0.25) is 38.6 Å². The van der Waals surface area contributed by atoms with Gasteiger partial charge in [-0.05, 0) is 49.8 Å². The number of carbonyl (C=O) groups excluding carboxylic acids is 6. The van der Waals surface area contributed by atoms with Crippen molar-refractivity contribution in [2.24, 2.45) is 28.1 Å². The highest BCUT2D eigenvalue weighted by molar-refractivity contribution is 5.97. The average molecular weight is 841 g/mol. The molecule has 0 aliphatic carbocycles. The maximum atomic E-state index is 14.0. The minimum Gasteiger partial charge on any atom is -0.508 e. The van der Waals surface area contributed by atoms with Crippen molar-refractivity contribution in [1.82, 2.24) is 31.9 Å². The third kappa shape index (κ3) is 18.8. The van der Waals surface area contributed by atoms with E-state index >= 15 is 0 Å². The molecule has 0 aromatic heterocycles. The summed E-state index contributed by atoms with van der Waals surface area (Å²) in [6, 6.07) is -5.68. The fraction of sp³-hybridized carbons (Fsp3) is 0.571. The molecule has 0 heterocycles. The normalized spacial score (nSPS) is 15.1. The molecule has 0 radical (unpaired) electrons. The monoisotopic (exact) mass is 840 g/mol. The van der Waals surface area contributed by atoms with E-state index in [9.17, 15) is 58.8 Å². The van der Waals surface area contributed by atoms with Crippen molar-refractivity contribution in [2.75, 3.05) is 19.8 Å². The molecule has 59 heavy (non-hydrogen) atoms. The Hall–Kier alpha value is -6.11. The van der Waals surface area contributed by atoms with E-state index in [0.717, 1.165) is 6.92 Å². The molecular formula is C35H56N10O14. The second kappa shape index (κ2) is 25.3. The first-order valence-electron chi connectivity index (χ1n) is 18.3. The van der Waals surface area contributed by atoms with Crippen LogP contribution in [0.15, 0.2) is 29.3 Å². The number of carbonyl (C=O) groups is 8. The Morgan fingerprint density at radius 1 is 0.678 bits per heavy atom. The van der Waals surface area contributed by atoms with Crippen molar-refractivity contribution in [3.8, 4) is 5.75 Å². The van der Waals surface area contributed by atoms with Crippen molar-refractivity contribution < 1.29 is 69.0 Å². The van der Waals surface area contributed by atoms with Gasteiger partial charge in [-0.15, -0.1) is 0 Å². The van der Waals surface area contributed by atoms with Crippen LogP contribution in [-0.2, 0) is 44.8 Å². The van der Waals surface area contributed by atoms with E-state index in [0.29, 0.717) is 5.56 Å².